The Labute approximate surface area is 174 Å². The highest BCUT2D eigenvalue weighted by Gasteiger charge is 2.26. The molecule has 1 saturated heterocycles. The zero-order valence-electron chi connectivity index (χ0n) is 15.6. The number of carbonyl (C=O) groups is 1. The van der Waals surface area contributed by atoms with Crippen LogP contribution in [-0.2, 0) is 0 Å². The first-order valence-electron chi connectivity index (χ1n) is 9.43. The van der Waals surface area contributed by atoms with E-state index in [-0.39, 0.29) is 5.91 Å². The molecule has 0 atom stereocenters. The molecule has 1 fully saturated rings. The summed E-state index contributed by atoms with van der Waals surface area (Å²) in [5.74, 6) is 0.637. The van der Waals surface area contributed by atoms with Crippen molar-refractivity contribution in [3.05, 3.63) is 70.3 Å². The second kappa shape index (κ2) is 7.98. The lowest BCUT2D eigenvalue weighted by molar-refractivity contribution is 0.0688. The Balaban J connectivity index is 1.79. The maximum atomic E-state index is 13.3. The van der Waals surface area contributed by atoms with Crippen LogP contribution >= 0.6 is 23.2 Å². The first kappa shape index (κ1) is 19.0. The maximum absolute atomic E-state index is 13.3. The van der Waals surface area contributed by atoms with E-state index in [2.05, 4.69) is 6.92 Å². The second-order valence-electron chi connectivity index (χ2n) is 7.26. The summed E-state index contributed by atoms with van der Waals surface area (Å²) in [5.41, 5.74) is 2.73. The Morgan fingerprint density at radius 1 is 1.04 bits per heavy atom. The Hall–Kier alpha value is -2.30. The topological polar surface area (TPSA) is 38.1 Å². The van der Waals surface area contributed by atoms with Gasteiger partial charge in [0.05, 0.1) is 16.4 Å². The molecule has 3 aromatic rings. The molecule has 28 heavy (non-hydrogen) atoms. The molecule has 0 unspecified atom stereocenters. The van der Waals surface area contributed by atoms with E-state index in [0.29, 0.717) is 27.4 Å². The SMILES string of the molecule is CC1CCN(C(=O)c2cc(-c3ccccc3Cl)nn2-c2cccc(Cl)c2)CC1. The second-order valence-corrected chi connectivity index (χ2v) is 8.10. The zero-order valence-corrected chi connectivity index (χ0v) is 17.1. The van der Waals surface area contributed by atoms with Gasteiger partial charge in [0.15, 0.2) is 0 Å². The van der Waals surface area contributed by atoms with Gasteiger partial charge in [-0.3, -0.25) is 4.79 Å². The quantitative estimate of drug-likeness (QED) is 0.550. The van der Waals surface area contributed by atoms with Crippen LogP contribution in [0, 0.1) is 5.92 Å². The number of hydrogen-bond acceptors (Lipinski definition) is 2. The van der Waals surface area contributed by atoms with Crippen LogP contribution in [0.5, 0.6) is 0 Å². The van der Waals surface area contributed by atoms with E-state index < -0.39 is 0 Å². The number of nitrogens with zero attached hydrogens (tertiary/aromatic N) is 3. The number of carbonyl (C=O) groups excluding carboxylic acids is 1. The lowest BCUT2D eigenvalue weighted by Gasteiger charge is -2.30. The van der Waals surface area contributed by atoms with Crippen LogP contribution in [0.15, 0.2) is 54.6 Å². The third-order valence-electron chi connectivity index (χ3n) is 5.20. The van der Waals surface area contributed by atoms with Crippen LogP contribution in [0.25, 0.3) is 16.9 Å². The summed E-state index contributed by atoms with van der Waals surface area (Å²) in [6.45, 7) is 3.76. The van der Waals surface area contributed by atoms with E-state index in [1.54, 1.807) is 16.8 Å². The van der Waals surface area contributed by atoms with Crippen LogP contribution in [0.2, 0.25) is 10.0 Å². The van der Waals surface area contributed by atoms with Crippen molar-refractivity contribution in [2.75, 3.05) is 13.1 Å². The van der Waals surface area contributed by atoms with Crippen LogP contribution in [0.1, 0.15) is 30.3 Å². The molecule has 0 bridgehead atoms. The largest absolute Gasteiger partial charge is 0.337 e. The van der Waals surface area contributed by atoms with E-state index in [1.807, 2.05) is 47.4 Å². The number of likely N-dealkylation sites (tertiary alicyclic amines) is 1. The normalized spacial score (nSPS) is 15.0. The molecule has 0 N–H and O–H groups in total. The third kappa shape index (κ3) is 3.80. The summed E-state index contributed by atoms with van der Waals surface area (Å²) in [4.78, 5) is 15.2. The fraction of sp³-hybridized carbons (Fsp3) is 0.273. The summed E-state index contributed by atoms with van der Waals surface area (Å²) in [6, 6.07) is 16.7. The molecule has 1 amide bonds. The Bertz CT molecular complexity index is 1010. The molecule has 4 nitrogen and oxygen atoms in total. The third-order valence-corrected chi connectivity index (χ3v) is 5.77. The van der Waals surface area contributed by atoms with Gasteiger partial charge in [0, 0.05) is 23.7 Å². The minimum Gasteiger partial charge on any atom is -0.337 e. The molecular weight excluding hydrogens is 393 g/mol. The molecule has 6 heteroatoms. The van der Waals surface area contributed by atoms with Crippen molar-refractivity contribution in [3.8, 4) is 16.9 Å². The van der Waals surface area contributed by atoms with Crippen molar-refractivity contribution in [1.29, 1.82) is 0 Å². The van der Waals surface area contributed by atoms with Crippen molar-refractivity contribution < 1.29 is 4.79 Å². The molecule has 0 aliphatic carbocycles. The first-order chi connectivity index (χ1) is 13.5. The molecule has 1 aliphatic rings. The number of aromatic nitrogens is 2. The lowest BCUT2D eigenvalue weighted by atomic mass is 9.99. The summed E-state index contributed by atoms with van der Waals surface area (Å²) >= 11 is 12.6. The summed E-state index contributed by atoms with van der Waals surface area (Å²) in [6.07, 6.45) is 2.04. The van der Waals surface area contributed by atoms with Gasteiger partial charge >= 0.3 is 0 Å². The standard InChI is InChI=1S/C22H21Cl2N3O/c1-15-9-11-26(12-10-15)22(28)21-14-20(18-7-2-3-8-19(18)24)25-27(21)17-6-4-5-16(23)13-17/h2-8,13-15H,9-12H2,1H3. The van der Waals surface area contributed by atoms with Crippen molar-refractivity contribution in [2.45, 2.75) is 19.8 Å². The van der Waals surface area contributed by atoms with Crippen molar-refractivity contribution in [1.82, 2.24) is 14.7 Å². The lowest BCUT2D eigenvalue weighted by Crippen LogP contribution is -2.38. The number of benzene rings is 2. The van der Waals surface area contributed by atoms with Gasteiger partial charge < -0.3 is 4.90 Å². The molecule has 2 aromatic carbocycles. The summed E-state index contributed by atoms with van der Waals surface area (Å²) in [7, 11) is 0. The van der Waals surface area contributed by atoms with Crippen LogP contribution in [0.3, 0.4) is 0 Å². The van der Waals surface area contributed by atoms with E-state index in [0.717, 1.165) is 37.2 Å². The first-order valence-corrected chi connectivity index (χ1v) is 10.2. The minimum absolute atomic E-state index is 0.0160. The molecule has 0 radical (unpaired) electrons. The maximum Gasteiger partial charge on any atom is 0.272 e. The smallest absolute Gasteiger partial charge is 0.272 e. The van der Waals surface area contributed by atoms with E-state index in [9.17, 15) is 4.79 Å². The average molecular weight is 414 g/mol. The predicted octanol–water partition coefficient (Wildman–Crippen LogP) is 5.72. The van der Waals surface area contributed by atoms with Gasteiger partial charge in [-0.25, -0.2) is 4.68 Å². The van der Waals surface area contributed by atoms with Gasteiger partial charge in [0.2, 0.25) is 0 Å². The molecule has 1 aromatic heterocycles. The minimum atomic E-state index is -0.0160. The number of amides is 1. The Kier molecular flexibility index (Phi) is 5.42. The molecule has 0 saturated carbocycles. The highest BCUT2D eigenvalue weighted by molar-refractivity contribution is 6.33. The molecule has 4 rings (SSSR count). The average Bonchev–Trinajstić information content (AvgIpc) is 3.13. The monoisotopic (exact) mass is 413 g/mol. The summed E-state index contributed by atoms with van der Waals surface area (Å²) in [5, 5.41) is 5.91. The fourth-order valence-corrected chi connectivity index (χ4v) is 3.93. The number of halogens is 2. The van der Waals surface area contributed by atoms with Crippen molar-refractivity contribution >= 4 is 29.1 Å². The van der Waals surface area contributed by atoms with Gasteiger partial charge in [-0.05, 0) is 49.1 Å². The molecule has 2 heterocycles. The van der Waals surface area contributed by atoms with Crippen LogP contribution < -0.4 is 0 Å². The number of rotatable bonds is 3. The molecular formula is C22H21Cl2N3O. The zero-order chi connectivity index (χ0) is 19.7. The highest BCUT2D eigenvalue weighted by Crippen LogP contribution is 2.29. The van der Waals surface area contributed by atoms with Crippen LogP contribution in [0.4, 0.5) is 0 Å². The van der Waals surface area contributed by atoms with Gasteiger partial charge in [0.25, 0.3) is 5.91 Å². The molecule has 1 aliphatic heterocycles. The van der Waals surface area contributed by atoms with Crippen LogP contribution in [-0.4, -0.2) is 33.7 Å². The van der Waals surface area contributed by atoms with E-state index >= 15 is 0 Å². The van der Waals surface area contributed by atoms with E-state index in [1.165, 1.54) is 0 Å². The van der Waals surface area contributed by atoms with Gasteiger partial charge in [-0.1, -0.05) is 54.4 Å². The summed E-state index contributed by atoms with van der Waals surface area (Å²) < 4.78 is 1.67. The Morgan fingerprint density at radius 2 is 1.79 bits per heavy atom. The Morgan fingerprint density at radius 3 is 2.50 bits per heavy atom. The predicted molar refractivity (Wildman–Crippen MR) is 113 cm³/mol. The highest BCUT2D eigenvalue weighted by atomic mass is 35.5. The molecule has 0 spiro atoms. The van der Waals surface area contributed by atoms with Gasteiger partial charge in [-0.15, -0.1) is 0 Å². The van der Waals surface area contributed by atoms with Crippen molar-refractivity contribution in [2.24, 2.45) is 5.92 Å². The fourth-order valence-electron chi connectivity index (χ4n) is 3.51. The number of hydrogen-bond donors (Lipinski definition) is 0. The molecule has 144 valence electrons. The number of piperidine rings is 1. The van der Waals surface area contributed by atoms with Crippen molar-refractivity contribution in [3.63, 3.8) is 0 Å². The van der Waals surface area contributed by atoms with Gasteiger partial charge in [0.1, 0.15) is 5.69 Å². The van der Waals surface area contributed by atoms with Gasteiger partial charge in [-0.2, -0.15) is 5.10 Å². The van der Waals surface area contributed by atoms with E-state index in [4.69, 9.17) is 28.3 Å².